The molecule has 0 spiro atoms. The maximum atomic E-state index is 5.58. The van der Waals surface area contributed by atoms with Gasteiger partial charge in [0.25, 0.3) is 0 Å². The molecule has 1 aromatic rings. The molecule has 0 aliphatic rings. The molecular weight excluding hydrogens is 230 g/mol. The van der Waals surface area contributed by atoms with Gasteiger partial charge in [0, 0.05) is 17.8 Å². The van der Waals surface area contributed by atoms with E-state index in [1.807, 2.05) is 0 Å². The second-order valence-electron chi connectivity index (χ2n) is 4.73. The smallest absolute Gasteiger partial charge is 0.0591 e. The lowest BCUT2D eigenvalue weighted by molar-refractivity contribution is 0.139. The lowest BCUT2D eigenvalue weighted by Gasteiger charge is -2.07. The van der Waals surface area contributed by atoms with Gasteiger partial charge in [-0.05, 0) is 36.8 Å². The largest absolute Gasteiger partial charge is 0.380 e. The summed E-state index contributed by atoms with van der Waals surface area (Å²) in [4.78, 5) is 1.41. The molecule has 0 bridgehead atoms. The maximum Gasteiger partial charge on any atom is 0.0591 e. The molecule has 0 saturated heterocycles. The zero-order valence-corrected chi connectivity index (χ0v) is 11.9. The fraction of sp³-hybridized carbons (Fsp3) is 0.714. The summed E-state index contributed by atoms with van der Waals surface area (Å²) < 4.78 is 5.58. The summed E-state index contributed by atoms with van der Waals surface area (Å²) >= 11 is 1.80. The van der Waals surface area contributed by atoms with Gasteiger partial charge < -0.3 is 10.1 Å². The van der Waals surface area contributed by atoms with Crippen molar-refractivity contribution in [3.8, 4) is 0 Å². The van der Waals surface area contributed by atoms with Crippen LogP contribution in [0.4, 0.5) is 0 Å². The quantitative estimate of drug-likeness (QED) is 0.648. The van der Waals surface area contributed by atoms with Gasteiger partial charge in [-0.3, -0.25) is 0 Å². The van der Waals surface area contributed by atoms with E-state index in [9.17, 15) is 0 Å². The summed E-state index contributed by atoms with van der Waals surface area (Å²) in [6, 6.07) is 4.26. The normalized spacial score (nSPS) is 11.2. The molecule has 1 heterocycles. The second-order valence-corrected chi connectivity index (χ2v) is 5.76. The molecule has 98 valence electrons. The Kier molecular flexibility index (Phi) is 8.32. The predicted octanol–water partition coefficient (Wildman–Crippen LogP) is 3.33. The molecule has 1 N–H and O–H groups in total. The van der Waals surface area contributed by atoms with Crippen LogP contribution >= 0.6 is 11.3 Å². The van der Waals surface area contributed by atoms with Gasteiger partial charge in [0.1, 0.15) is 0 Å². The van der Waals surface area contributed by atoms with Gasteiger partial charge in [-0.25, -0.2) is 0 Å². The Morgan fingerprint density at radius 2 is 2.18 bits per heavy atom. The van der Waals surface area contributed by atoms with Crippen molar-refractivity contribution in [3.05, 3.63) is 22.4 Å². The molecule has 3 heteroatoms. The van der Waals surface area contributed by atoms with E-state index < -0.39 is 0 Å². The highest BCUT2D eigenvalue weighted by Crippen LogP contribution is 2.08. The van der Waals surface area contributed by atoms with Crippen LogP contribution in [0.2, 0.25) is 0 Å². The molecule has 0 aliphatic carbocycles. The van der Waals surface area contributed by atoms with Crippen molar-refractivity contribution in [2.45, 2.75) is 33.1 Å². The molecule has 0 saturated carbocycles. The molecule has 0 atom stereocenters. The zero-order chi connectivity index (χ0) is 12.3. The number of hydrogen-bond acceptors (Lipinski definition) is 3. The fourth-order valence-electron chi connectivity index (χ4n) is 1.63. The number of ether oxygens (including phenoxy) is 1. The first kappa shape index (κ1) is 14.7. The second kappa shape index (κ2) is 9.63. The summed E-state index contributed by atoms with van der Waals surface area (Å²) in [6.07, 6.45) is 3.63. The van der Waals surface area contributed by atoms with Gasteiger partial charge in [0.05, 0.1) is 13.2 Å². The van der Waals surface area contributed by atoms with Crippen LogP contribution in [0.3, 0.4) is 0 Å². The van der Waals surface area contributed by atoms with E-state index in [-0.39, 0.29) is 0 Å². The van der Waals surface area contributed by atoms with Crippen LogP contribution in [-0.4, -0.2) is 26.3 Å². The monoisotopic (exact) mass is 255 g/mol. The third-order valence-corrected chi connectivity index (χ3v) is 3.57. The van der Waals surface area contributed by atoms with Crippen LogP contribution in [0, 0.1) is 5.92 Å². The topological polar surface area (TPSA) is 21.3 Å². The molecule has 1 rings (SSSR count). The third-order valence-electron chi connectivity index (χ3n) is 2.63. The SMILES string of the molecule is CC(C)CCCNCCOCCc1cccs1. The van der Waals surface area contributed by atoms with Crippen LogP contribution < -0.4 is 5.32 Å². The maximum absolute atomic E-state index is 5.58. The van der Waals surface area contributed by atoms with E-state index in [1.165, 1.54) is 17.7 Å². The highest BCUT2D eigenvalue weighted by molar-refractivity contribution is 7.09. The average Bonchev–Trinajstić information content (AvgIpc) is 2.79. The van der Waals surface area contributed by atoms with Crippen molar-refractivity contribution in [1.29, 1.82) is 0 Å². The molecule has 0 aliphatic heterocycles. The van der Waals surface area contributed by atoms with Crippen molar-refractivity contribution in [1.82, 2.24) is 5.32 Å². The molecule has 0 radical (unpaired) electrons. The first-order valence-corrected chi connectivity index (χ1v) is 7.48. The molecule has 0 amide bonds. The zero-order valence-electron chi connectivity index (χ0n) is 11.1. The van der Waals surface area contributed by atoms with Crippen LogP contribution in [0.25, 0.3) is 0 Å². The minimum atomic E-state index is 0.818. The summed E-state index contributed by atoms with van der Waals surface area (Å²) in [7, 11) is 0. The van der Waals surface area contributed by atoms with Crippen molar-refractivity contribution in [3.63, 3.8) is 0 Å². The number of rotatable bonds is 10. The first-order valence-electron chi connectivity index (χ1n) is 6.60. The van der Waals surface area contributed by atoms with Gasteiger partial charge >= 0.3 is 0 Å². The Hall–Kier alpha value is -0.380. The standard InChI is InChI=1S/C14H25NOS/c1-13(2)5-3-8-15-9-11-16-10-7-14-6-4-12-17-14/h4,6,12-13,15H,3,5,7-11H2,1-2H3. The van der Waals surface area contributed by atoms with Crippen molar-refractivity contribution < 1.29 is 4.74 Å². The molecule has 1 aromatic heterocycles. The Labute approximate surface area is 109 Å². The van der Waals surface area contributed by atoms with Gasteiger partial charge in [0.2, 0.25) is 0 Å². The van der Waals surface area contributed by atoms with Crippen molar-refractivity contribution >= 4 is 11.3 Å². The minimum absolute atomic E-state index is 0.818. The minimum Gasteiger partial charge on any atom is -0.380 e. The predicted molar refractivity (Wildman–Crippen MR) is 75.8 cm³/mol. The molecule has 0 fully saturated rings. The van der Waals surface area contributed by atoms with Crippen molar-refractivity contribution in [2.75, 3.05) is 26.3 Å². The Balaban J connectivity index is 1.79. The van der Waals surface area contributed by atoms with Gasteiger partial charge in [-0.1, -0.05) is 19.9 Å². The van der Waals surface area contributed by atoms with E-state index in [0.29, 0.717) is 0 Å². The Bertz CT molecular complexity index is 259. The van der Waals surface area contributed by atoms with Crippen molar-refractivity contribution in [2.24, 2.45) is 5.92 Å². The summed E-state index contributed by atoms with van der Waals surface area (Å²) in [5, 5.41) is 5.53. The summed E-state index contributed by atoms with van der Waals surface area (Å²) in [6.45, 7) is 8.30. The van der Waals surface area contributed by atoms with E-state index in [4.69, 9.17) is 4.74 Å². The Morgan fingerprint density at radius 3 is 2.88 bits per heavy atom. The van der Waals surface area contributed by atoms with Gasteiger partial charge in [-0.15, -0.1) is 11.3 Å². The van der Waals surface area contributed by atoms with E-state index in [2.05, 4.69) is 36.7 Å². The first-order chi connectivity index (χ1) is 8.29. The highest BCUT2D eigenvalue weighted by atomic mass is 32.1. The summed E-state index contributed by atoms with van der Waals surface area (Å²) in [5.41, 5.74) is 0. The average molecular weight is 255 g/mol. The summed E-state index contributed by atoms with van der Waals surface area (Å²) in [5.74, 6) is 0.818. The number of hydrogen-bond donors (Lipinski definition) is 1. The number of thiophene rings is 1. The van der Waals surface area contributed by atoms with E-state index >= 15 is 0 Å². The van der Waals surface area contributed by atoms with E-state index in [0.717, 1.165) is 38.6 Å². The van der Waals surface area contributed by atoms with Crippen LogP contribution in [-0.2, 0) is 11.2 Å². The molecule has 17 heavy (non-hydrogen) atoms. The third kappa shape index (κ3) is 8.36. The molecule has 0 aromatic carbocycles. The number of nitrogens with one attached hydrogen (secondary N) is 1. The fourth-order valence-corrected chi connectivity index (χ4v) is 2.32. The van der Waals surface area contributed by atoms with Crippen LogP contribution in [0.15, 0.2) is 17.5 Å². The Morgan fingerprint density at radius 1 is 1.29 bits per heavy atom. The lowest BCUT2D eigenvalue weighted by atomic mass is 10.1. The van der Waals surface area contributed by atoms with Crippen LogP contribution in [0.5, 0.6) is 0 Å². The molecule has 2 nitrogen and oxygen atoms in total. The molecule has 0 unspecified atom stereocenters. The molecular formula is C14H25NOS. The van der Waals surface area contributed by atoms with E-state index in [1.54, 1.807) is 11.3 Å². The highest BCUT2D eigenvalue weighted by Gasteiger charge is 1.95. The van der Waals surface area contributed by atoms with Crippen LogP contribution in [0.1, 0.15) is 31.6 Å². The lowest BCUT2D eigenvalue weighted by Crippen LogP contribution is -2.21. The van der Waals surface area contributed by atoms with Gasteiger partial charge in [0.15, 0.2) is 0 Å². The van der Waals surface area contributed by atoms with Gasteiger partial charge in [-0.2, -0.15) is 0 Å².